The molecule has 0 spiro atoms. The number of hydrogen-bond donors (Lipinski definition) is 2. The second-order valence-electron chi connectivity index (χ2n) is 6.89. The van der Waals surface area contributed by atoms with E-state index in [1.54, 1.807) is 32.4 Å². The van der Waals surface area contributed by atoms with Gasteiger partial charge in [0.05, 0.1) is 7.11 Å². The number of amides is 1. The molecule has 31 heavy (non-hydrogen) atoms. The van der Waals surface area contributed by atoms with Gasteiger partial charge in [0, 0.05) is 41.3 Å². The largest absolute Gasteiger partial charge is 0.493 e. The van der Waals surface area contributed by atoms with Crippen LogP contribution in [0.4, 0.5) is 0 Å². The Morgan fingerprint density at radius 1 is 0.935 bits per heavy atom. The highest BCUT2D eigenvalue weighted by atomic mass is 35.5. The zero-order chi connectivity index (χ0) is 22.2. The van der Waals surface area contributed by atoms with Crippen LogP contribution in [0.25, 0.3) is 0 Å². The van der Waals surface area contributed by atoms with Gasteiger partial charge in [0.2, 0.25) is 0 Å². The summed E-state index contributed by atoms with van der Waals surface area (Å²) in [4.78, 5) is 11.8. The Bertz CT molecular complexity index is 1060. The van der Waals surface area contributed by atoms with Gasteiger partial charge in [-0.2, -0.15) is 0 Å². The molecule has 0 heterocycles. The van der Waals surface area contributed by atoms with Gasteiger partial charge >= 0.3 is 0 Å². The Hall–Kier alpha value is -2.73. The molecule has 0 aliphatic heterocycles. The molecule has 0 saturated heterocycles. The van der Waals surface area contributed by atoms with Crippen molar-refractivity contribution in [2.75, 3.05) is 14.2 Å². The first kappa shape index (κ1) is 22.9. The first-order chi connectivity index (χ1) is 15.0. The topological polar surface area (TPSA) is 59.6 Å². The molecule has 0 aliphatic rings. The number of carbonyl (C=O) groups is 1. The summed E-state index contributed by atoms with van der Waals surface area (Å²) in [7, 11) is 3.23. The fourth-order valence-corrected chi connectivity index (χ4v) is 3.52. The Balaban J connectivity index is 1.59. The monoisotopic (exact) mass is 458 g/mol. The highest BCUT2D eigenvalue weighted by Gasteiger charge is 2.09. The lowest BCUT2D eigenvalue weighted by Gasteiger charge is -2.13. The zero-order valence-electron chi connectivity index (χ0n) is 17.4. The van der Waals surface area contributed by atoms with Crippen LogP contribution in [0.3, 0.4) is 0 Å². The average molecular weight is 459 g/mol. The van der Waals surface area contributed by atoms with Gasteiger partial charge in [0.15, 0.2) is 11.5 Å². The zero-order valence-corrected chi connectivity index (χ0v) is 18.9. The van der Waals surface area contributed by atoms with Crippen molar-refractivity contribution in [1.29, 1.82) is 0 Å². The molecule has 0 radical (unpaired) electrons. The minimum atomic E-state index is -0.0953. The first-order valence-electron chi connectivity index (χ1n) is 9.75. The third kappa shape index (κ3) is 6.37. The van der Waals surface area contributed by atoms with E-state index in [0.717, 1.165) is 16.7 Å². The lowest BCUT2D eigenvalue weighted by Crippen LogP contribution is -2.18. The van der Waals surface area contributed by atoms with Crippen LogP contribution in [0.2, 0.25) is 10.0 Å². The van der Waals surface area contributed by atoms with Gasteiger partial charge in [-0.3, -0.25) is 4.79 Å². The molecule has 0 aromatic heterocycles. The predicted molar refractivity (Wildman–Crippen MR) is 124 cm³/mol. The van der Waals surface area contributed by atoms with E-state index >= 15 is 0 Å². The van der Waals surface area contributed by atoms with E-state index in [4.69, 9.17) is 32.7 Å². The molecule has 2 N–H and O–H groups in total. The van der Waals surface area contributed by atoms with Gasteiger partial charge in [0.1, 0.15) is 6.61 Å². The van der Waals surface area contributed by atoms with Crippen molar-refractivity contribution in [3.8, 4) is 11.5 Å². The Morgan fingerprint density at radius 2 is 1.71 bits per heavy atom. The summed E-state index contributed by atoms with van der Waals surface area (Å²) >= 11 is 12.2. The Kier molecular flexibility index (Phi) is 8.18. The number of hydrogen-bond acceptors (Lipinski definition) is 4. The Labute approximate surface area is 192 Å². The maximum absolute atomic E-state index is 11.8. The van der Waals surface area contributed by atoms with Crippen molar-refractivity contribution < 1.29 is 14.3 Å². The van der Waals surface area contributed by atoms with Gasteiger partial charge in [-0.1, -0.05) is 47.5 Å². The van der Waals surface area contributed by atoms with E-state index < -0.39 is 0 Å². The maximum Gasteiger partial charge on any atom is 0.251 e. The summed E-state index contributed by atoms with van der Waals surface area (Å²) in [6.07, 6.45) is 0. The van der Waals surface area contributed by atoms with Gasteiger partial charge in [-0.15, -0.1) is 0 Å². The lowest BCUT2D eigenvalue weighted by molar-refractivity contribution is 0.0963. The van der Waals surface area contributed by atoms with Gasteiger partial charge in [-0.25, -0.2) is 0 Å². The molecule has 0 unspecified atom stereocenters. The summed E-state index contributed by atoms with van der Waals surface area (Å²) in [6, 6.07) is 18.7. The van der Waals surface area contributed by atoms with Crippen LogP contribution < -0.4 is 20.1 Å². The van der Waals surface area contributed by atoms with E-state index in [0.29, 0.717) is 46.8 Å². The normalized spacial score (nSPS) is 10.6. The lowest BCUT2D eigenvalue weighted by atomic mass is 10.1. The molecule has 3 aromatic carbocycles. The fraction of sp³-hybridized carbons (Fsp3) is 0.208. The summed E-state index contributed by atoms with van der Waals surface area (Å²) in [5, 5.41) is 7.17. The van der Waals surface area contributed by atoms with Crippen LogP contribution >= 0.6 is 23.2 Å². The number of methoxy groups -OCH3 is 1. The Morgan fingerprint density at radius 3 is 2.42 bits per heavy atom. The first-order valence-corrected chi connectivity index (χ1v) is 10.5. The van der Waals surface area contributed by atoms with Crippen LogP contribution in [0.15, 0.2) is 60.7 Å². The van der Waals surface area contributed by atoms with Crippen molar-refractivity contribution in [2.45, 2.75) is 19.7 Å². The third-order valence-electron chi connectivity index (χ3n) is 4.70. The summed E-state index contributed by atoms with van der Waals surface area (Å²) in [5.41, 5.74) is 3.58. The number of nitrogens with one attached hydrogen (secondary N) is 2. The van der Waals surface area contributed by atoms with Gasteiger partial charge in [0.25, 0.3) is 5.91 Å². The molecule has 7 heteroatoms. The quantitative estimate of drug-likeness (QED) is 0.460. The average Bonchev–Trinajstić information content (AvgIpc) is 2.78. The number of ether oxygens (including phenoxy) is 2. The van der Waals surface area contributed by atoms with Crippen molar-refractivity contribution in [3.63, 3.8) is 0 Å². The highest BCUT2D eigenvalue weighted by molar-refractivity contribution is 6.35. The van der Waals surface area contributed by atoms with Crippen molar-refractivity contribution in [1.82, 2.24) is 10.6 Å². The second kappa shape index (κ2) is 11.0. The standard InChI is InChI=1S/C24H24Cl2N2O3/c1-27-24(29)18-5-3-4-16(10-18)13-28-14-17-6-9-22(23(11-17)30-2)31-15-19-7-8-20(25)12-21(19)26/h3-12,28H,13-15H2,1-2H3,(H,27,29). The van der Waals surface area contributed by atoms with Crippen LogP contribution in [0, 0.1) is 0 Å². The molecular formula is C24H24Cl2N2O3. The van der Waals surface area contributed by atoms with E-state index in [2.05, 4.69) is 10.6 Å². The minimum Gasteiger partial charge on any atom is -0.493 e. The molecule has 0 aliphatic carbocycles. The SMILES string of the molecule is CNC(=O)c1cccc(CNCc2ccc(OCc3ccc(Cl)cc3Cl)c(OC)c2)c1. The highest BCUT2D eigenvalue weighted by Crippen LogP contribution is 2.30. The molecule has 3 rings (SSSR count). The van der Waals surface area contributed by atoms with E-state index in [9.17, 15) is 4.79 Å². The van der Waals surface area contributed by atoms with Crippen molar-refractivity contribution in [2.24, 2.45) is 0 Å². The summed E-state index contributed by atoms with van der Waals surface area (Å²) in [6.45, 7) is 1.59. The van der Waals surface area contributed by atoms with Crippen LogP contribution in [0.1, 0.15) is 27.0 Å². The number of rotatable bonds is 9. The van der Waals surface area contributed by atoms with Crippen molar-refractivity contribution in [3.05, 3.63) is 93.0 Å². The molecule has 5 nitrogen and oxygen atoms in total. The summed E-state index contributed by atoms with van der Waals surface area (Å²) < 4.78 is 11.4. The number of benzene rings is 3. The van der Waals surface area contributed by atoms with E-state index in [1.807, 2.05) is 42.5 Å². The van der Waals surface area contributed by atoms with E-state index in [-0.39, 0.29) is 5.91 Å². The molecule has 0 fully saturated rings. The molecule has 0 saturated carbocycles. The smallest absolute Gasteiger partial charge is 0.251 e. The molecule has 3 aromatic rings. The predicted octanol–water partition coefficient (Wildman–Crippen LogP) is 5.23. The fourth-order valence-electron chi connectivity index (χ4n) is 3.05. The molecular weight excluding hydrogens is 435 g/mol. The van der Waals surface area contributed by atoms with Crippen LogP contribution in [-0.2, 0) is 19.7 Å². The minimum absolute atomic E-state index is 0.0953. The van der Waals surface area contributed by atoms with Gasteiger partial charge in [-0.05, 0) is 47.5 Å². The van der Waals surface area contributed by atoms with Gasteiger partial charge < -0.3 is 20.1 Å². The number of carbonyl (C=O) groups excluding carboxylic acids is 1. The second-order valence-corrected chi connectivity index (χ2v) is 7.74. The molecule has 1 amide bonds. The molecule has 0 bridgehead atoms. The molecule has 162 valence electrons. The third-order valence-corrected chi connectivity index (χ3v) is 5.29. The van der Waals surface area contributed by atoms with Crippen LogP contribution in [0.5, 0.6) is 11.5 Å². The summed E-state index contributed by atoms with van der Waals surface area (Å²) in [5.74, 6) is 1.18. The maximum atomic E-state index is 11.8. The van der Waals surface area contributed by atoms with E-state index in [1.165, 1.54) is 0 Å². The van der Waals surface area contributed by atoms with Crippen LogP contribution in [-0.4, -0.2) is 20.1 Å². The number of halogens is 2. The van der Waals surface area contributed by atoms with Crippen molar-refractivity contribution >= 4 is 29.1 Å². The molecule has 0 atom stereocenters.